The molecule has 0 saturated heterocycles. The van der Waals surface area contributed by atoms with Crippen molar-refractivity contribution in [1.82, 2.24) is 0 Å². The standard InChI is InChI=1S/C29H37N/c1-2-3-4-5-6-7-8-9-10-11-14-26-17-19-27(20-18-26)15-12-13-16-28-21-23-29(25-30)24-22-28/h12-13,15-24H,2-11,14H2,1H3/b15-12+,16-13+. The zero-order valence-corrected chi connectivity index (χ0v) is 18.7. The number of aryl methyl sites for hydroxylation is 1. The van der Waals surface area contributed by atoms with Gasteiger partial charge in [-0.05, 0) is 41.7 Å². The van der Waals surface area contributed by atoms with Crippen LogP contribution in [0.15, 0.2) is 60.7 Å². The second-order valence-corrected chi connectivity index (χ2v) is 8.13. The van der Waals surface area contributed by atoms with Crippen molar-refractivity contribution >= 4 is 12.2 Å². The third-order valence-electron chi connectivity index (χ3n) is 5.53. The molecule has 2 aromatic rings. The fourth-order valence-corrected chi connectivity index (χ4v) is 3.61. The molecule has 158 valence electrons. The van der Waals surface area contributed by atoms with Gasteiger partial charge in [0.15, 0.2) is 0 Å². The number of nitriles is 1. The second kappa shape index (κ2) is 15.3. The Morgan fingerprint density at radius 3 is 1.60 bits per heavy atom. The Hall–Kier alpha value is -2.59. The number of allylic oxidation sites excluding steroid dienone is 2. The van der Waals surface area contributed by atoms with Gasteiger partial charge in [0.1, 0.15) is 0 Å². The fraction of sp³-hybridized carbons (Fsp3) is 0.414. The van der Waals surface area contributed by atoms with Crippen LogP contribution in [0.5, 0.6) is 0 Å². The van der Waals surface area contributed by atoms with Crippen molar-refractivity contribution in [2.75, 3.05) is 0 Å². The van der Waals surface area contributed by atoms with Gasteiger partial charge in [-0.15, -0.1) is 0 Å². The molecule has 1 heteroatoms. The highest BCUT2D eigenvalue weighted by Gasteiger charge is 1.96. The van der Waals surface area contributed by atoms with Crippen LogP contribution in [0.3, 0.4) is 0 Å². The van der Waals surface area contributed by atoms with Crippen LogP contribution in [0.1, 0.15) is 93.4 Å². The smallest absolute Gasteiger partial charge is 0.0991 e. The summed E-state index contributed by atoms with van der Waals surface area (Å²) in [6.07, 6.45) is 23.4. The predicted octanol–water partition coefficient (Wildman–Crippen LogP) is 8.75. The molecule has 0 aliphatic heterocycles. The monoisotopic (exact) mass is 399 g/mol. The first kappa shape index (κ1) is 23.7. The molecule has 0 spiro atoms. The number of rotatable bonds is 14. The molecule has 1 nitrogen and oxygen atoms in total. The van der Waals surface area contributed by atoms with E-state index in [9.17, 15) is 0 Å². The molecule has 0 radical (unpaired) electrons. The van der Waals surface area contributed by atoms with Gasteiger partial charge >= 0.3 is 0 Å². The topological polar surface area (TPSA) is 23.8 Å². The molecule has 0 bridgehead atoms. The van der Waals surface area contributed by atoms with Crippen LogP contribution in [0.25, 0.3) is 12.2 Å². The van der Waals surface area contributed by atoms with Crippen molar-refractivity contribution in [3.05, 3.63) is 82.9 Å². The van der Waals surface area contributed by atoms with E-state index in [1.54, 1.807) is 0 Å². The summed E-state index contributed by atoms with van der Waals surface area (Å²) in [5.74, 6) is 0. The van der Waals surface area contributed by atoms with E-state index in [2.05, 4.69) is 55.5 Å². The summed E-state index contributed by atoms with van der Waals surface area (Å²) in [4.78, 5) is 0. The number of nitrogens with zero attached hydrogens (tertiary/aromatic N) is 1. The summed E-state index contributed by atoms with van der Waals surface area (Å²) < 4.78 is 0. The first-order valence-electron chi connectivity index (χ1n) is 11.8. The molecule has 0 fully saturated rings. The summed E-state index contributed by atoms with van der Waals surface area (Å²) in [6.45, 7) is 2.28. The number of hydrogen-bond acceptors (Lipinski definition) is 1. The average molecular weight is 400 g/mol. The van der Waals surface area contributed by atoms with Crippen LogP contribution in [0, 0.1) is 11.3 Å². The van der Waals surface area contributed by atoms with Gasteiger partial charge in [-0.1, -0.05) is 125 Å². The molecule has 0 saturated carbocycles. The fourth-order valence-electron chi connectivity index (χ4n) is 3.61. The first-order chi connectivity index (χ1) is 14.8. The second-order valence-electron chi connectivity index (χ2n) is 8.13. The number of unbranched alkanes of at least 4 members (excludes halogenated alkanes) is 9. The van der Waals surface area contributed by atoms with E-state index in [-0.39, 0.29) is 0 Å². The van der Waals surface area contributed by atoms with Crippen LogP contribution in [-0.2, 0) is 6.42 Å². The van der Waals surface area contributed by atoms with Gasteiger partial charge in [-0.25, -0.2) is 0 Å². The quantitative estimate of drug-likeness (QED) is 0.230. The lowest BCUT2D eigenvalue weighted by molar-refractivity contribution is 0.556. The van der Waals surface area contributed by atoms with Crippen LogP contribution in [-0.4, -0.2) is 0 Å². The minimum Gasteiger partial charge on any atom is -0.192 e. The lowest BCUT2D eigenvalue weighted by Crippen LogP contribution is -1.87. The lowest BCUT2D eigenvalue weighted by atomic mass is 10.0. The van der Waals surface area contributed by atoms with Crippen molar-refractivity contribution in [2.45, 2.75) is 77.6 Å². The van der Waals surface area contributed by atoms with Crippen LogP contribution >= 0.6 is 0 Å². The average Bonchev–Trinajstić information content (AvgIpc) is 2.79. The molecule has 0 atom stereocenters. The van der Waals surface area contributed by atoms with Gasteiger partial charge < -0.3 is 0 Å². The summed E-state index contributed by atoms with van der Waals surface area (Å²) in [6, 6.07) is 18.7. The van der Waals surface area contributed by atoms with E-state index in [0.717, 1.165) is 5.56 Å². The minimum absolute atomic E-state index is 0.695. The third-order valence-corrected chi connectivity index (χ3v) is 5.53. The maximum atomic E-state index is 8.83. The van der Waals surface area contributed by atoms with Crippen molar-refractivity contribution in [1.29, 1.82) is 5.26 Å². The highest BCUT2D eigenvalue weighted by molar-refractivity contribution is 5.57. The van der Waals surface area contributed by atoms with Gasteiger partial charge in [0.2, 0.25) is 0 Å². The molecule has 0 aliphatic rings. The predicted molar refractivity (Wildman–Crippen MR) is 131 cm³/mol. The van der Waals surface area contributed by atoms with E-state index in [1.165, 1.54) is 81.8 Å². The van der Waals surface area contributed by atoms with Gasteiger partial charge in [0.25, 0.3) is 0 Å². The molecule has 0 amide bonds. The summed E-state index contributed by atoms with van der Waals surface area (Å²) in [7, 11) is 0. The number of hydrogen-bond donors (Lipinski definition) is 0. The molecule has 30 heavy (non-hydrogen) atoms. The van der Waals surface area contributed by atoms with Crippen molar-refractivity contribution < 1.29 is 0 Å². The zero-order valence-electron chi connectivity index (χ0n) is 18.7. The van der Waals surface area contributed by atoms with E-state index < -0.39 is 0 Å². The zero-order chi connectivity index (χ0) is 21.3. The van der Waals surface area contributed by atoms with E-state index in [4.69, 9.17) is 5.26 Å². The molecule has 0 N–H and O–H groups in total. The van der Waals surface area contributed by atoms with Crippen molar-refractivity contribution in [3.8, 4) is 6.07 Å². The maximum Gasteiger partial charge on any atom is 0.0991 e. The van der Waals surface area contributed by atoms with E-state index >= 15 is 0 Å². The SMILES string of the molecule is CCCCCCCCCCCCc1ccc(/C=C/C=C/c2ccc(C#N)cc2)cc1. The van der Waals surface area contributed by atoms with Gasteiger partial charge in [0.05, 0.1) is 11.6 Å². The van der Waals surface area contributed by atoms with Gasteiger partial charge in [0, 0.05) is 0 Å². The van der Waals surface area contributed by atoms with Gasteiger partial charge in [-0.3, -0.25) is 0 Å². The molecule has 2 rings (SSSR count). The Morgan fingerprint density at radius 2 is 1.10 bits per heavy atom. The molecule has 0 aliphatic carbocycles. The van der Waals surface area contributed by atoms with Crippen LogP contribution in [0.4, 0.5) is 0 Å². The highest BCUT2D eigenvalue weighted by Crippen LogP contribution is 2.14. The lowest BCUT2D eigenvalue weighted by Gasteiger charge is -2.04. The third kappa shape index (κ3) is 10.3. The molecule has 0 aromatic heterocycles. The largest absolute Gasteiger partial charge is 0.192 e. The Kier molecular flexibility index (Phi) is 12.1. The molecular formula is C29H37N. The van der Waals surface area contributed by atoms with Crippen LogP contribution in [0.2, 0.25) is 0 Å². The summed E-state index contributed by atoms with van der Waals surface area (Å²) >= 11 is 0. The molecule has 2 aromatic carbocycles. The molecule has 0 heterocycles. The molecular weight excluding hydrogens is 362 g/mol. The maximum absolute atomic E-state index is 8.83. The Morgan fingerprint density at radius 1 is 0.633 bits per heavy atom. The minimum atomic E-state index is 0.695. The summed E-state index contributed by atoms with van der Waals surface area (Å²) in [5, 5.41) is 8.83. The van der Waals surface area contributed by atoms with Crippen LogP contribution < -0.4 is 0 Å². The van der Waals surface area contributed by atoms with E-state index in [0.29, 0.717) is 5.56 Å². The Balaban J connectivity index is 1.59. The summed E-state index contributed by atoms with van der Waals surface area (Å²) in [5.41, 5.74) is 4.47. The van der Waals surface area contributed by atoms with Gasteiger partial charge in [-0.2, -0.15) is 5.26 Å². The first-order valence-corrected chi connectivity index (χ1v) is 11.8. The normalized spacial score (nSPS) is 11.3. The van der Waals surface area contributed by atoms with E-state index in [1.807, 2.05) is 30.3 Å². The molecule has 0 unspecified atom stereocenters. The van der Waals surface area contributed by atoms with Crippen molar-refractivity contribution in [3.63, 3.8) is 0 Å². The highest BCUT2D eigenvalue weighted by atomic mass is 14.2. The Labute approximate surface area is 184 Å². The Bertz CT molecular complexity index is 788. The number of benzene rings is 2. The van der Waals surface area contributed by atoms with Crippen molar-refractivity contribution in [2.24, 2.45) is 0 Å².